The molecule has 0 bridgehead atoms. The summed E-state index contributed by atoms with van der Waals surface area (Å²) in [6.45, 7) is -1.09. The van der Waals surface area contributed by atoms with Crippen LogP contribution in [0.1, 0.15) is 22.9 Å². The topological polar surface area (TPSA) is 29.5 Å². The minimum absolute atomic E-state index is 0.573. The summed E-state index contributed by atoms with van der Waals surface area (Å²) in [7, 11) is 0. The Morgan fingerprint density at radius 3 is 2.39 bits per heavy atom. The number of aliphatic imine (C=N–C) groups is 1. The number of amidine groups is 1. The van der Waals surface area contributed by atoms with Gasteiger partial charge in [0.2, 0.25) is 5.82 Å². The predicted molar refractivity (Wildman–Crippen MR) is 156 cm³/mol. The van der Waals surface area contributed by atoms with E-state index in [4.69, 9.17) is 9.65 Å². The molecule has 0 fully saturated rings. The minimum atomic E-state index is -3.23. The third-order valence-corrected chi connectivity index (χ3v) is 9.43. The van der Waals surface area contributed by atoms with Gasteiger partial charge in [0, 0.05) is 11.3 Å². The molecule has 6 heterocycles. The molecule has 38 heavy (non-hydrogen) atoms. The molecule has 5 aromatic rings. The summed E-state index contributed by atoms with van der Waals surface area (Å²) in [4.78, 5) is 7.20. The molecule has 3 aliphatic rings. The number of hydrogen-bond acceptors (Lipinski definition) is 4. The van der Waals surface area contributed by atoms with E-state index in [1.807, 2.05) is 60.0 Å². The lowest BCUT2D eigenvalue weighted by Crippen LogP contribution is -2.62. The van der Waals surface area contributed by atoms with Gasteiger partial charge >= 0.3 is 6.90 Å². The summed E-state index contributed by atoms with van der Waals surface area (Å²) >= 11 is 3.19. The first-order valence-corrected chi connectivity index (χ1v) is 14.4. The first-order chi connectivity index (χ1) is 18.7. The Labute approximate surface area is 227 Å². The quantitative estimate of drug-likeness (QED) is 0.217. The van der Waals surface area contributed by atoms with E-state index >= 15 is 4.32 Å². The number of nitrogens with zero attached hydrogens (tertiary/aromatic N) is 3. The van der Waals surface area contributed by atoms with Gasteiger partial charge in [-0.25, -0.2) is 0 Å². The van der Waals surface area contributed by atoms with Crippen molar-refractivity contribution in [2.45, 2.75) is 13.3 Å². The minimum Gasteiger partial charge on any atom is -0.631 e. The van der Waals surface area contributed by atoms with Crippen LogP contribution in [0.4, 0.5) is 10.1 Å². The highest BCUT2D eigenvalue weighted by Gasteiger charge is 2.58. The number of thiophene rings is 2. The van der Waals surface area contributed by atoms with Gasteiger partial charge < -0.3 is 17.9 Å². The SMILES string of the molecule is CCc1ccsc1-c1cc(-c2ccccc2)c2n1[B-]1(F)Oc3ccsc3C3=[N+]1C(=N2)C(c1ccccc1)=C3. The molecule has 0 N–H and O–H groups in total. The smallest absolute Gasteiger partial charge is 0.631 e. The van der Waals surface area contributed by atoms with Crippen LogP contribution in [0.2, 0.25) is 0 Å². The summed E-state index contributed by atoms with van der Waals surface area (Å²) in [6, 6.07) is 26.3. The molecule has 8 rings (SSSR count). The van der Waals surface area contributed by atoms with Gasteiger partial charge in [-0.05, 0) is 63.1 Å². The average molecular weight is 533 g/mol. The fraction of sp³-hybridized carbons (Fsp3) is 0.0667. The van der Waals surface area contributed by atoms with Crippen LogP contribution in [0, 0.1) is 0 Å². The van der Waals surface area contributed by atoms with Crippen LogP contribution in [-0.2, 0) is 6.42 Å². The van der Waals surface area contributed by atoms with Crippen LogP contribution in [0.5, 0.6) is 5.75 Å². The van der Waals surface area contributed by atoms with E-state index in [0.717, 1.165) is 49.8 Å². The second-order valence-corrected chi connectivity index (χ2v) is 11.4. The normalized spacial score (nSPS) is 18.9. The molecule has 3 aliphatic heterocycles. The van der Waals surface area contributed by atoms with Crippen molar-refractivity contribution in [3.63, 3.8) is 0 Å². The Bertz CT molecular complexity index is 1850. The van der Waals surface area contributed by atoms with E-state index in [2.05, 4.69) is 42.6 Å². The van der Waals surface area contributed by atoms with Gasteiger partial charge in [-0.3, -0.25) is 0 Å². The zero-order valence-corrected chi connectivity index (χ0v) is 22.1. The van der Waals surface area contributed by atoms with Crippen molar-refractivity contribution < 1.29 is 13.5 Å². The molecule has 0 saturated heterocycles. The van der Waals surface area contributed by atoms with E-state index in [9.17, 15) is 0 Å². The van der Waals surface area contributed by atoms with E-state index in [1.54, 1.807) is 31.6 Å². The number of benzene rings is 2. The first-order valence-electron chi connectivity index (χ1n) is 12.7. The Morgan fingerprint density at radius 2 is 1.63 bits per heavy atom. The summed E-state index contributed by atoms with van der Waals surface area (Å²) in [5.74, 6) is 1.74. The monoisotopic (exact) mass is 533 g/mol. The third kappa shape index (κ3) is 2.90. The predicted octanol–water partition coefficient (Wildman–Crippen LogP) is 7.80. The molecule has 4 nitrogen and oxygen atoms in total. The van der Waals surface area contributed by atoms with Crippen molar-refractivity contribution in [3.8, 4) is 27.4 Å². The van der Waals surface area contributed by atoms with E-state index in [-0.39, 0.29) is 0 Å². The Balaban J connectivity index is 1.49. The molecular formula is C30H21BFN3OS2. The van der Waals surface area contributed by atoms with Crippen LogP contribution < -0.4 is 4.65 Å². The number of fused-ring (bicyclic) bond motifs is 4. The molecule has 3 aromatic heterocycles. The Kier molecular flexibility index (Phi) is 4.63. The largest absolute Gasteiger partial charge is 0.665 e. The summed E-state index contributed by atoms with van der Waals surface area (Å²) in [6.07, 6.45) is 2.93. The Morgan fingerprint density at radius 1 is 0.921 bits per heavy atom. The zero-order valence-electron chi connectivity index (χ0n) is 20.5. The molecule has 8 heteroatoms. The summed E-state index contributed by atoms with van der Waals surface area (Å²) in [5, 5.41) is 4.04. The van der Waals surface area contributed by atoms with Crippen LogP contribution in [0.3, 0.4) is 0 Å². The number of aromatic nitrogens is 1. The Hall–Kier alpha value is -4.01. The second-order valence-electron chi connectivity index (χ2n) is 9.59. The highest BCUT2D eigenvalue weighted by atomic mass is 32.1. The maximum Gasteiger partial charge on any atom is 0.665 e. The standard InChI is InChI=1S/C30H21BFN3OS2/c1-2-19-13-15-37-27(19)24-17-22(20-9-5-3-6-10-20)29-33-30-23(21-11-7-4-8-12-21)18-25-28-26(14-16-38-28)36-31(32,34(24)29)35(25)30/h3-18H,2H2,1H3. The van der Waals surface area contributed by atoms with Crippen LogP contribution >= 0.6 is 22.7 Å². The van der Waals surface area contributed by atoms with Crippen LogP contribution in [0.15, 0.2) is 101 Å². The lowest BCUT2D eigenvalue weighted by Gasteiger charge is -2.40. The van der Waals surface area contributed by atoms with Gasteiger partial charge in [-0.1, -0.05) is 67.6 Å². The van der Waals surface area contributed by atoms with Crippen LogP contribution in [0.25, 0.3) is 27.3 Å². The average Bonchev–Trinajstić information content (AvgIpc) is 3.74. The maximum atomic E-state index is 18.0. The number of hydrogen-bond donors (Lipinski definition) is 0. The van der Waals surface area contributed by atoms with Gasteiger partial charge in [0.1, 0.15) is 10.6 Å². The van der Waals surface area contributed by atoms with Gasteiger partial charge in [0.15, 0.2) is 0 Å². The molecule has 2 aromatic carbocycles. The van der Waals surface area contributed by atoms with Gasteiger partial charge in [0.25, 0.3) is 5.84 Å². The molecular weight excluding hydrogens is 512 g/mol. The molecule has 1 atom stereocenters. The van der Waals surface area contributed by atoms with Crippen molar-refractivity contribution in [3.05, 3.63) is 112 Å². The summed E-state index contributed by atoms with van der Waals surface area (Å²) < 4.78 is 27.8. The number of halogens is 1. The third-order valence-electron chi connectivity index (χ3n) is 7.54. The van der Waals surface area contributed by atoms with Gasteiger partial charge in [0.05, 0.1) is 16.2 Å². The van der Waals surface area contributed by atoms with E-state index in [1.165, 1.54) is 5.56 Å². The molecule has 184 valence electrons. The van der Waals surface area contributed by atoms with Crippen molar-refractivity contribution in [1.29, 1.82) is 0 Å². The van der Waals surface area contributed by atoms with Crippen molar-refractivity contribution in [2.24, 2.45) is 4.99 Å². The molecule has 1 unspecified atom stereocenters. The number of aryl methyl sites for hydroxylation is 1. The van der Waals surface area contributed by atoms with Crippen molar-refractivity contribution >= 4 is 52.5 Å². The van der Waals surface area contributed by atoms with E-state index < -0.39 is 6.90 Å². The molecule has 0 amide bonds. The van der Waals surface area contributed by atoms with Crippen molar-refractivity contribution in [2.75, 3.05) is 0 Å². The fourth-order valence-electron chi connectivity index (χ4n) is 5.81. The molecule has 0 saturated carbocycles. The molecule has 0 aliphatic carbocycles. The maximum absolute atomic E-state index is 18.0. The fourth-order valence-corrected chi connectivity index (χ4v) is 7.66. The van der Waals surface area contributed by atoms with Gasteiger partial charge in [-0.15, -0.1) is 22.7 Å². The number of allylic oxidation sites excluding steroid dienone is 1. The highest BCUT2D eigenvalue weighted by molar-refractivity contribution is 7.14. The lowest BCUT2D eigenvalue weighted by molar-refractivity contribution is -0.299. The first kappa shape index (κ1) is 22.0. The molecule has 0 radical (unpaired) electrons. The summed E-state index contributed by atoms with van der Waals surface area (Å²) in [5.41, 5.74) is 6.56. The second kappa shape index (κ2) is 8.00. The van der Waals surface area contributed by atoms with Crippen molar-refractivity contribution in [1.82, 2.24) is 4.48 Å². The lowest BCUT2D eigenvalue weighted by atomic mass is 9.85. The van der Waals surface area contributed by atoms with E-state index in [0.29, 0.717) is 17.4 Å². The molecule has 0 spiro atoms. The highest BCUT2D eigenvalue weighted by Crippen LogP contribution is 2.49. The van der Waals surface area contributed by atoms with Crippen LogP contribution in [-0.4, -0.2) is 27.4 Å². The number of rotatable bonds is 4. The van der Waals surface area contributed by atoms with Gasteiger partial charge in [-0.2, -0.15) is 0 Å². The zero-order chi connectivity index (χ0) is 25.4.